The van der Waals surface area contributed by atoms with E-state index in [1.165, 1.54) is 11.3 Å². The highest BCUT2D eigenvalue weighted by atomic mass is 16.5. The van der Waals surface area contributed by atoms with Crippen molar-refractivity contribution in [2.24, 2.45) is 0 Å². The number of benzene rings is 2. The van der Waals surface area contributed by atoms with Crippen molar-refractivity contribution in [3.05, 3.63) is 66.2 Å². The summed E-state index contributed by atoms with van der Waals surface area (Å²) in [6, 6.07) is 21.1. The van der Waals surface area contributed by atoms with Crippen LogP contribution in [0.1, 0.15) is 26.3 Å². The average molecular weight is 283 g/mol. The Morgan fingerprint density at radius 1 is 0.857 bits per heavy atom. The molecule has 0 spiro atoms. The zero-order valence-electron chi connectivity index (χ0n) is 13.3. The maximum Gasteiger partial charge on any atom is 0.0648 e. The predicted molar refractivity (Wildman–Crippen MR) is 89.6 cm³/mol. The van der Waals surface area contributed by atoms with E-state index in [0.717, 1.165) is 19.7 Å². The van der Waals surface area contributed by atoms with Crippen LogP contribution in [0.25, 0.3) is 0 Å². The van der Waals surface area contributed by atoms with Crippen LogP contribution in [-0.2, 0) is 11.3 Å². The molecular formula is C19H25NO. The number of nitrogens with zero attached hydrogens (tertiary/aromatic N) is 1. The first-order valence-corrected chi connectivity index (χ1v) is 7.52. The van der Waals surface area contributed by atoms with Gasteiger partial charge in [0, 0.05) is 18.8 Å². The molecule has 0 aliphatic rings. The third-order valence-corrected chi connectivity index (χ3v) is 3.23. The quantitative estimate of drug-likeness (QED) is 0.773. The SMILES string of the molecule is CC(C)(C)OCCN(Cc1ccccc1)c1ccccc1. The fourth-order valence-electron chi connectivity index (χ4n) is 2.20. The molecule has 0 aliphatic heterocycles. The lowest BCUT2D eigenvalue weighted by molar-refractivity contribution is 0.00126. The number of anilines is 1. The molecule has 0 fully saturated rings. The molecule has 21 heavy (non-hydrogen) atoms. The Balaban J connectivity index is 2.04. The second-order valence-corrected chi connectivity index (χ2v) is 6.20. The summed E-state index contributed by atoms with van der Waals surface area (Å²) in [6.45, 7) is 8.80. The van der Waals surface area contributed by atoms with Crippen LogP contribution in [0.4, 0.5) is 5.69 Å². The Morgan fingerprint density at radius 3 is 2.00 bits per heavy atom. The zero-order valence-corrected chi connectivity index (χ0v) is 13.3. The second-order valence-electron chi connectivity index (χ2n) is 6.20. The molecule has 2 rings (SSSR count). The Labute approximate surface area is 128 Å². The Kier molecular flexibility index (Phi) is 5.40. The molecule has 0 N–H and O–H groups in total. The number of ether oxygens (including phenoxy) is 1. The maximum atomic E-state index is 5.88. The summed E-state index contributed by atoms with van der Waals surface area (Å²) in [4.78, 5) is 2.36. The number of para-hydroxylation sites is 1. The summed E-state index contributed by atoms with van der Waals surface area (Å²) in [5, 5.41) is 0. The molecule has 0 saturated carbocycles. The van der Waals surface area contributed by atoms with Crippen LogP contribution in [0.5, 0.6) is 0 Å². The Morgan fingerprint density at radius 2 is 1.43 bits per heavy atom. The molecule has 0 radical (unpaired) electrons. The summed E-state index contributed by atoms with van der Waals surface area (Å²) in [5.41, 5.74) is 2.46. The predicted octanol–water partition coefficient (Wildman–Crippen LogP) is 4.51. The average Bonchev–Trinajstić information content (AvgIpc) is 2.47. The van der Waals surface area contributed by atoms with Crippen LogP contribution in [0, 0.1) is 0 Å². The van der Waals surface area contributed by atoms with Crippen molar-refractivity contribution >= 4 is 5.69 Å². The highest BCUT2D eigenvalue weighted by Gasteiger charge is 2.12. The summed E-state index contributed by atoms with van der Waals surface area (Å²) in [5.74, 6) is 0. The van der Waals surface area contributed by atoms with Gasteiger partial charge >= 0.3 is 0 Å². The summed E-state index contributed by atoms with van der Waals surface area (Å²) >= 11 is 0. The molecule has 0 atom stereocenters. The molecule has 2 nitrogen and oxygen atoms in total. The van der Waals surface area contributed by atoms with E-state index in [9.17, 15) is 0 Å². The van der Waals surface area contributed by atoms with Crippen LogP contribution >= 0.6 is 0 Å². The second kappa shape index (κ2) is 7.28. The van der Waals surface area contributed by atoms with Crippen molar-refractivity contribution in [3.63, 3.8) is 0 Å². The third kappa shape index (κ3) is 5.60. The van der Waals surface area contributed by atoms with Crippen molar-refractivity contribution < 1.29 is 4.74 Å². The van der Waals surface area contributed by atoms with Gasteiger partial charge in [-0.1, -0.05) is 48.5 Å². The molecule has 0 amide bonds. The first-order valence-electron chi connectivity index (χ1n) is 7.52. The van der Waals surface area contributed by atoms with Crippen molar-refractivity contribution in [1.82, 2.24) is 0 Å². The van der Waals surface area contributed by atoms with Crippen molar-refractivity contribution in [2.45, 2.75) is 32.9 Å². The highest BCUT2D eigenvalue weighted by molar-refractivity contribution is 5.46. The van der Waals surface area contributed by atoms with Gasteiger partial charge in [-0.2, -0.15) is 0 Å². The van der Waals surface area contributed by atoms with Gasteiger partial charge in [-0.05, 0) is 38.5 Å². The molecule has 112 valence electrons. The van der Waals surface area contributed by atoms with E-state index in [-0.39, 0.29) is 5.60 Å². The Hall–Kier alpha value is -1.80. The van der Waals surface area contributed by atoms with E-state index in [0.29, 0.717) is 0 Å². The lowest BCUT2D eigenvalue weighted by atomic mass is 10.2. The van der Waals surface area contributed by atoms with Gasteiger partial charge in [-0.3, -0.25) is 0 Å². The minimum Gasteiger partial charge on any atom is -0.374 e. The fraction of sp³-hybridized carbons (Fsp3) is 0.368. The van der Waals surface area contributed by atoms with Crippen LogP contribution in [0.2, 0.25) is 0 Å². The number of hydrogen-bond donors (Lipinski definition) is 0. The molecule has 2 aromatic rings. The largest absolute Gasteiger partial charge is 0.374 e. The minimum absolute atomic E-state index is 0.0882. The van der Waals surface area contributed by atoms with Gasteiger partial charge in [0.25, 0.3) is 0 Å². The lowest BCUT2D eigenvalue weighted by Gasteiger charge is -2.27. The van der Waals surface area contributed by atoms with Gasteiger partial charge in [0.1, 0.15) is 0 Å². The molecule has 2 heteroatoms. The van der Waals surface area contributed by atoms with Crippen LogP contribution in [-0.4, -0.2) is 18.8 Å². The summed E-state index contributed by atoms with van der Waals surface area (Å²) in [6.07, 6.45) is 0. The van der Waals surface area contributed by atoms with E-state index in [1.807, 2.05) is 0 Å². The van der Waals surface area contributed by atoms with Gasteiger partial charge < -0.3 is 9.64 Å². The van der Waals surface area contributed by atoms with Crippen LogP contribution < -0.4 is 4.90 Å². The lowest BCUT2D eigenvalue weighted by Crippen LogP contribution is -2.30. The zero-order chi connectivity index (χ0) is 15.1. The molecule has 0 aromatic heterocycles. The van der Waals surface area contributed by atoms with Gasteiger partial charge in [0.15, 0.2) is 0 Å². The van der Waals surface area contributed by atoms with E-state index < -0.39 is 0 Å². The highest BCUT2D eigenvalue weighted by Crippen LogP contribution is 2.17. The van der Waals surface area contributed by atoms with Crippen molar-refractivity contribution in [2.75, 3.05) is 18.1 Å². The van der Waals surface area contributed by atoms with Gasteiger partial charge in [-0.25, -0.2) is 0 Å². The first kappa shape index (κ1) is 15.6. The fourth-order valence-corrected chi connectivity index (χ4v) is 2.20. The molecule has 0 unspecified atom stereocenters. The minimum atomic E-state index is -0.0882. The van der Waals surface area contributed by atoms with E-state index >= 15 is 0 Å². The third-order valence-electron chi connectivity index (χ3n) is 3.23. The smallest absolute Gasteiger partial charge is 0.0648 e. The van der Waals surface area contributed by atoms with Gasteiger partial charge in [0.2, 0.25) is 0 Å². The molecule has 0 saturated heterocycles. The van der Waals surface area contributed by atoms with Gasteiger partial charge in [-0.15, -0.1) is 0 Å². The Bertz CT molecular complexity index is 516. The van der Waals surface area contributed by atoms with E-state index in [2.05, 4.69) is 86.3 Å². The normalized spacial score (nSPS) is 11.4. The van der Waals surface area contributed by atoms with Crippen LogP contribution in [0.15, 0.2) is 60.7 Å². The molecule has 0 aliphatic carbocycles. The molecule has 0 bridgehead atoms. The van der Waals surface area contributed by atoms with Crippen molar-refractivity contribution in [3.8, 4) is 0 Å². The summed E-state index contributed by atoms with van der Waals surface area (Å²) < 4.78 is 5.88. The topological polar surface area (TPSA) is 12.5 Å². The molecule has 2 aromatic carbocycles. The molecular weight excluding hydrogens is 258 g/mol. The monoisotopic (exact) mass is 283 g/mol. The van der Waals surface area contributed by atoms with E-state index in [1.54, 1.807) is 0 Å². The van der Waals surface area contributed by atoms with E-state index in [4.69, 9.17) is 4.74 Å². The summed E-state index contributed by atoms with van der Waals surface area (Å²) in [7, 11) is 0. The van der Waals surface area contributed by atoms with Crippen LogP contribution in [0.3, 0.4) is 0 Å². The standard InChI is InChI=1S/C19H25NO/c1-19(2,3)21-15-14-20(18-12-8-5-9-13-18)16-17-10-6-4-7-11-17/h4-13H,14-16H2,1-3H3. The maximum absolute atomic E-state index is 5.88. The number of hydrogen-bond acceptors (Lipinski definition) is 2. The molecule has 0 heterocycles. The first-order chi connectivity index (χ1) is 10.0. The van der Waals surface area contributed by atoms with Gasteiger partial charge in [0.05, 0.1) is 12.2 Å². The van der Waals surface area contributed by atoms with Crippen molar-refractivity contribution in [1.29, 1.82) is 0 Å². The number of rotatable bonds is 6.